The van der Waals surface area contributed by atoms with Crippen LogP contribution in [-0.4, -0.2) is 72.3 Å². The molecule has 0 bridgehead atoms. The smallest absolute Gasteiger partial charge is 0.392 e. The molecular weight excluding hydrogens is 457 g/mol. The van der Waals surface area contributed by atoms with Crippen molar-refractivity contribution in [3.8, 4) is 11.1 Å². The Morgan fingerprint density at radius 1 is 1.08 bits per heavy atom. The first-order valence-corrected chi connectivity index (χ1v) is 13.5. The number of anilines is 2. The van der Waals surface area contributed by atoms with E-state index in [2.05, 4.69) is 44.9 Å². The first kappa shape index (κ1) is 22.6. The number of aromatic nitrogens is 2. The van der Waals surface area contributed by atoms with Crippen LogP contribution >= 0.6 is 0 Å². The molecule has 36 heavy (non-hydrogen) atoms. The molecule has 0 unspecified atom stereocenters. The Kier molecular flexibility index (Phi) is 5.16. The topological polar surface area (TPSA) is 72.6 Å². The summed E-state index contributed by atoms with van der Waals surface area (Å²) in [5.74, 6) is 0.878. The molecule has 3 heterocycles. The lowest BCUT2D eigenvalue weighted by atomic mass is 9.73. The Hall–Kier alpha value is -2.58. The third kappa shape index (κ3) is 3.64. The summed E-state index contributed by atoms with van der Waals surface area (Å²) in [6, 6.07) is 6.59. The number of Topliss-reactive ketones (excluding diaryl/α,β-unsaturated/α-hetero) is 1. The SMILES string of the molecule is CN1CC2(C1)CN(c1ccc3c(c1)C(=O)Cc1c-3cnc(NC3CC(F)C3)[n+]1C1CCC(O)CC1)C2. The van der Waals surface area contributed by atoms with E-state index in [-0.39, 0.29) is 24.0 Å². The highest BCUT2D eigenvalue weighted by molar-refractivity contribution is 6.07. The standard InChI is InChI=1S/C28H34FN5O2/c1-32-13-28(14-32)15-33(16-28)20-4-7-22-23(10-20)26(36)11-25-24(22)12-30-27(31-18-8-17(29)9-18)34(25)19-2-5-21(35)6-3-19/h4,7,10,12,17-19,21,35H,2-3,5-6,8-9,11,13-16H2,1H3/p+1. The average molecular weight is 493 g/mol. The predicted molar refractivity (Wildman–Crippen MR) is 135 cm³/mol. The molecule has 8 heteroatoms. The molecule has 1 aromatic heterocycles. The quantitative estimate of drug-likeness (QED) is 0.640. The summed E-state index contributed by atoms with van der Waals surface area (Å²) in [6.45, 7) is 4.44. The van der Waals surface area contributed by atoms with Gasteiger partial charge in [0.05, 0.1) is 35.9 Å². The van der Waals surface area contributed by atoms with E-state index in [9.17, 15) is 14.3 Å². The summed E-state index contributed by atoms with van der Waals surface area (Å²) in [7, 11) is 2.17. The van der Waals surface area contributed by atoms with Gasteiger partial charge in [0, 0.05) is 55.7 Å². The van der Waals surface area contributed by atoms with Crippen LogP contribution in [0.25, 0.3) is 11.1 Å². The maximum atomic E-state index is 13.5. The molecule has 1 aromatic carbocycles. The maximum absolute atomic E-state index is 13.5. The predicted octanol–water partition coefficient (Wildman–Crippen LogP) is 2.92. The first-order valence-electron chi connectivity index (χ1n) is 13.5. The van der Waals surface area contributed by atoms with Crippen molar-refractivity contribution >= 4 is 17.4 Å². The van der Waals surface area contributed by atoms with Crippen molar-refractivity contribution in [2.24, 2.45) is 5.41 Å². The molecule has 2 saturated heterocycles. The zero-order chi connectivity index (χ0) is 24.6. The van der Waals surface area contributed by atoms with Crippen molar-refractivity contribution in [3.63, 3.8) is 0 Å². The minimum Gasteiger partial charge on any atom is -0.393 e. The van der Waals surface area contributed by atoms with E-state index >= 15 is 0 Å². The molecule has 2 saturated carbocycles. The fourth-order valence-electron chi connectivity index (χ4n) is 7.28. The molecule has 5 aliphatic rings. The normalized spacial score (nSPS) is 30.6. The molecule has 0 atom stereocenters. The number of aliphatic hydroxyl groups excluding tert-OH is 1. The summed E-state index contributed by atoms with van der Waals surface area (Å²) < 4.78 is 15.7. The number of benzene rings is 1. The number of fused-ring (bicyclic) bond motifs is 3. The molecule has 2 aliphatic heterocycles. The highest BCUT2D eigenvalue weighted by Gasteiger charge is 2.50. The van der Waals surface area contributed by atoms with Gasteiger partial charge in [0.2, 0.25) is 0 Å². The van der Waals surface area contributed by atoms with Crippen LogP contribution in [0.15, 0.2) is 24.4 Å². The van der Waals surface area contributed by atoms with Gasteiger partial charge in [-0.05, 0) is 50.4 Å². The second-order valence-corrected chi connectivity index (χ2v) is 12.0. The van der Waals surface area contributed by atoms with Gasteiger partial charge in [-0.3, -0.25) is 10.1 Å². The van der Waals surface area contributed by atoms with E-state index in [4.69, 9.17) is 4.98 Å². The van der Waals surface area contributed by atoms with Gasteiger partial charge in [0.25, 0.3) is 0 Å². The van der Waals surface area contributed by atoms with E-state index < -0.39 is 6.17 Å². The van der Waals surface area contributed by atoms with Crippen LogP contribution < -0.4 is 14.8 Å². The molecule has 0 radical (unpaired) electrons. The maximum Gasteiger partial charge on any atom is 0.392 e. The number of halogens is 1. The van der Waals surface area contributed by atoms with E-state index in [1.165, 1.54) is 0 Å². The monoisotopic (exact) mass is 492 g/mol. The lowest BCUT2D eigenvalue weighted by molar-refractivity contribution is -0.721. The van der Waals surface area contributed by atoms with E-state index in [1.807, 2.05) is 6.20 Å². The number of nitrogens with one attached hydrogen (secondary N) is 1. The second-order valence-electron chi connectivity index (χ2n) is 12.0. The fourth-order valence-corrected chi connectivity index (χ4v) is 7.28. The number of hydrogen-bond acceptors (Lipinski definition) is 6. The number of rotatable bonds is 4. The van der Waals surface area contributed by atoms with E-state index in [1.54, 1.807) is 0 Å². The minimum absolute atomic E-state index is 0.0791. The van der Waals surface area contributed by atoms with Crippen LogP contribution in [0.3, 0.4) is 0 Å². The summed E-state index contributed by atoms with van der Waals surface area (Å²) in [6.07, 6.45) is 5.43. The van der Waals surface area contributed by atoms with Gasteiger partial charge >= 0.3 is 5.95 Å². The highest BCUT2D eigenvalue weighted by atomic mass is 19.1. The summed E-state index contributed by atoms with van der Waals surface area (Å²) in [5, 5.41) is 13.6. The molecule has 7 nitrogen and oxygen atoms in total. The lowest BCUT2D eigenvalue weighted by Gasteiger charge is -2.60. The Labute approximate surface area is 211 Å². The number of likely N-dealkylation sites (tertiary alicyclic amines) is 1. The van der Waals surface area contributed by atoms with Crippen molar-refractivity contribution in [1.29, 1.82) is 0 Å². The Balaban J connectivity index is 1.22. The number of carbonyl (C=O) groups is 1. The number of nitrogens with zero attached hydrogens (tertiary/aromatic N) is 4. The Bertz CT molecular complexity index is 1210. The zero-order valence-electron chi connectivity index (χ0n) is 20.9. The van der Waals surface area contributed by atoms with Crippen molar-refractivity contribution in [2.75, 3.05) is 43.4 Å². The van der Waals surface area contributed by atoms with E-state index in [0.29, 0.717) is 24.7 Å². The van der Waals surface area contributed by atoms with Gasteiger partial charge in [-0.1, -0.05) is 11.1 Å². The lowest BCUT2D eigenvalue weighted by Crippen LogP contribution is -2.71. The van der Waals surface area contributed by atoms with Crippen LogP contribution in [0.1, 0.15) is 60.6 Å². The molecule has 4 fully saturated rings. The van der Waals surface area contributed by atoms with Crippen LogP contribution in [0.5, 0.6) is 0 Å². The molecule has 7 rings (SSSR count). The largest absolute Gasteiger partial charge is 0.393 e. The molecular formula is C28H35FN5O2+. The average Bonchev–Trinajstić information content (AvgIpc) is 2.80. The summed E-state index contributed by atoms with van der Waals surface area (Å²) in [5.41, 5.74) is 5.34. The van der Waals surface area contributed by atoms with Gasteiger partial charge < -0.3 is 14.9 Å². The first-order chi connectivity index (χ1) is 17.4. The summed E-state index contributed by atoms with van der Waals surface area (Å²) >= 11 is 0. The minimum atomic E-state index is -0.743. The van der Waals surface area contributed by atoms with Gasteiger partial charge in [-0.15, -0.1) is 0 Å². The van der Waals surface area contributed by atoms with Gasteiger partial charge in [-0.2, -0.15) is 0 Å². The van der Waals surface area contributed by atoms with Gasteiger partial charge in [0.15, 0.2) is 5.78 Å². The molecule has 3 aliphatic carbocycles. The fraction of sp³-hybridized carbons (Fsp3) is 0.607. The molecule has 190 valence electrons. The van der Waals surface area contributed by atoms with Crippen molar-refractivity contribution < 1.29 is 18.9 Å². The van der Waals surface area contributed by atoms with E-state index in [0.717, 1.165) is 85.9 Å². The highest BCUT2D eigenvalue weighted by Crippen LogP contribution is 2.43. The molecule has 0 amide bonds. The summed E-state index contributed by atoms with van der Waals surface area (Å²) in [4.78, 5) is 23.1. The van der Waals surface area contributed by atoms with Gasteiger partial charge in [-0.25, -0.2) is 8.96 Å². The van der Waals surface area contributed by atoms with Gasteiger partial charge in [0.1, 0.15) is 12.4 Å². The van der Waals surface area contributed by atoms with Crippen LogP contribution in [-0.2, 0) is 6.42 Å². The second kappa shape index (κ2) is 8.21. The van der Waals surface area contributed by atoms with Crippen LogP contribution in [0.4, 0.5) is 16.0 Å². The number of alkyl halides is 1. The number of aliphatic hydroxyl groups is 1. The van der Waals surface area contributed by atoms with Crippen molar-refractivity contribution in [1.82, 2.24) is 9.88 Å². The Morgan fingerprint density at radius 3 is 2.53 bits per heavy atom. The van der Waals surface area contributed by atoms with Crippen molar-refractivity contribution in [2.45, 2.75) is 69.3 Å². The Morgan fingerprint density at radius 2 is 1.83 bits per heavy atom. The molecule has 2 N–H and O–H groups in total. The third-order valence-electron chi connectivity index (χ3n) is 9.14. The van der Waals surface area contributed by atoms with Crippen LogP contribution in [0.2, 0.25) is 0 Å². The number of hydrogen-bond donors (Lipinski definition) is 2. The molecule has 1 spiro atoms. The zero-order valence-corrected chi connectivity index (χ0v) is 20.9. The third-order valence-corrected chi connectivity index (χ3v) is 9.14. The number of carbonyl (C=O) groups excluding carboxylic acids is 1. The van der Waals surface area contributed by atoms with Crippen LogP contribution in [0, 0.1) is 5.41 Å². The van der Waals surface area contributed by atoms with Crippen molar-refractivity contribution in [3.05, 3.63) is 35.7 Å². The molecule has 2 aromatic rings. The number of ketones is 1.